The Bertz CT molecular complexity index is 4460. The van der Waals surface area contributed by atoms with Gasteiger partial charge in [-0.2, -0.15) is 10.2 Å². The molecule has 10 aromatic rings. The molecule has 0 unspecified atom stereocenters. The molecule has 0 bridgehead atoms. The van der Waals surface area contributed by atoms with E-state index in [9.17, 15) is 0 Å². The Labute approximate surface area is 513 Å². The summed E-state index contributed by atoms with van der Waals surface area (Å²) in [4.78, 5) is 25.1. The van der Waals surface area contributed by atoms with Gasteiger partial charge >= 0.3 is 0 Å². The number of halogens is 1. The zero-order valence-corrected chi connectivity index (χ0v) is 55.9. The van der Waals surface area contributed by atoms with E-state index in [1.54, 1.807) is 94.1 Å². The molecule has 8 heterocycles. The molecule has 0 aliphatic heterocycles. The van der Waals surface area contributed by atoms with Crippen LogP contribution in [0.5, 0.6) is 11.5 Å². The molecule has 0 spiro atoms. The minimum atomic E-state index is 0. The summed E-state index contributed by atoms with van der Waals surface area (Å²) in [6, 6.07) is 9.25. The Hall–Kier alpha value is -4.41. The lowest BCUT2D eigenvalue weighted by molar-refractivity contribution is 0.393. The fourth-order valence-electron chi connectivity index (χ4n) is 9.15. The molecule has 81 heavy (non-hydrogen) atoms. The molecule has 0 radical (unpaired) electrons. The summed E-state index contributed by atoms with van der Waals surface area (Å²) in [7, 11) is 21.4. The van der Waals surface area contributed by atoms with Gasteiger partial charge in [0.1, 0.15) is 56.9 Å². The number of aryl methyl sites for hydroxylation is 8. The molecule has 12 rings (SSSR count). The number of ether oxygens (including phenoxy) is 2. The highest BCUT2D eigenvalue weighted by molar-refractivity contribution is 8.75. The van der Waals surface area contributed by atoms with Gasteiger partial charge in [0.15, 0.2) is 0 Å². The van der Waals surface area contributed by atoms with Crippen molar-refractivity contribution in [2.24, 2.45) is 0 Å². The smallest absolute Gasteiger partial charge is 0.143 e. The number of nitrogens with two attached hydrogens (primary N) is 1. The van der Waals surface area contributed by atoms with Crippen LogP contribution in [0.1, 0.15) is 102 Å². The third-order valence-electron chi connectivity index (χ3n) is 12.9. The number of nitrogen functional groups attached to an aromatic ring is 1. The van der Waals surface area contributed by atoms with E-state index in [1.807, 2.05) is 77.7 Å². The summed E-state index contributed by atoms with van der Waals surface area (Å²) in [5.41, 5.74) is 19.1. The van der Waals surface area contributed by atoms with Crippen LogP contribution in [0.4, 0.5) is 5.82 Å². The van der Waals surface area contributed by atoms with Crippen LogP contribution in [0.15, 0.2) is 45.7 Å². The van der Waals surface area contributed by atoms with E-state index in [0.29, 0.717) is 35.1 Å². The molecule has 430 valence electrons. The molecule has 31 heteroatoms. The largest absolute Gasteiger partial charge is 0.496 e. The van der Waals surface area contributed by atoms with Gasteiger partial charge in [-0.1, -0.05) is 29.3 Å². The van der Waals surface area contributed by atoms with Gasteiger partial charge in [-0.25, -0.2) is 24.6 Å². The van der Waals surface area contributed by atoms with Crippen molar-refractivity contribution in [2.75, 3.05) is 20.0 Å². The minimum absolute atomic E-state index is 0. The van der Waals surface area contributed by atoms with Crippen LogP contribution in [-0.2, 0) is 126 Å². The highest BCUT2D eigenvalue weighted by Crippen LogP contribution is 2.43. The van der Waals surface area contributed by atoms with Gasteiger partial charge < -0.3 is 34.2 Å². The van der Waals surface area contributed by atoms with Crippen LogP contribution < -0.4 is 15.2 Å². The van der Waals surface area contributed by atoms with Gasteiger partial charge in [-0.3, -0.25) is 4.68 Å². The number of nitrogens with zero attached hydrogens (tertiary/aromatic N) is 10. The van der Waals surface area contributed by atoms with Crippen molar-refractivity contribution in [3.05, 3.63) is 98.9 Å². The third-order valence-corrected chi connectivity index (χ3v) is 35.4. The Balaban J connectivity index is 0.000000156. The molecule has 2 aliphatic rings. The van der Waals surface area contributed by atoms with Crippen LogP contribution in [-0.4, -0.2) is 74.0 Å². The van der Waals surface area contributed by atoms with Gasteiger partial charge in [-0.15, -0.1) is 0 Å². The number of hydrogen-bond acceptors (Lipinski definition) is 15. The molecular weight excluding hydrogens is 1300 g/mol. The maximum atomic E-state index is 6.33. The summed E-state index contributed by atoms with van der Waals surface area (Å²) in [6.07, 6.45) is 9.38. The lowest BCUT2D eigenvalue weighted by Crippen LogP contribution is -2.06. The van der Waals surface area contributed by atoms with Gasteiger partial charge in [0, 0.05) is 176 Å². The van der Waals surface area contributed by atoms with Gasteiger partial charge in [0.2, 0.25) is 0 Å². The van der Waals surface area contributed by atoms with Crippen molar-refractivity contribution in [2.45, 2.75) is 107 Å². The minimum Gasteiger partial charge on any atom is -0.496 e. The standard InChI is InChI=1S/C25H26N6O2.C17H15ClN4O2.C7H11N3.CH4.S13/c1-12-11-26-31(16-6-7-16)21(12)10-20-24-17-9-22(32-5)18(23-13(2)30-33-14(23)3)8-19(17)29-25(24)28-15(4)27-20;1-7-14(8(2)24-22-7)11-5-12-10(6-13(11)23-4)15-16(18)19-9(3)20-17(15)21-12;1-5-4-9-10(7(5)8)6-2-3-6;;1-3-5-7-9-11-13-12-10-8-6-4-2/h8-9,11,16H,6-7,10H2,1-5H3,(H,27,28,29);5-6H,1-4H3,(H,19,20,21);4,6H,2-3,8H2,1H3;1H4;. The fraction of sp³-hybridized carbons (Fsp3) is 0.360. The highest BCUT2D eigenvalue weighted by atomic mass is 35.5. The van der Waals surface area contributed by atoms with Crippen LogP contribution in [0, 0.1) is 55.4 Å². The molecular formula is C50H56ClN13O4S13. The van der Waals surface area contributed by atoms with Crippen LogP contribution in [0.2, 0.25) is 5.15 Å². The summed E-state index contributed by atoms with van der Waals surface area (Å²) in [5.74, 6) is 5.20. The number of hydrogen-bond donors (Lipinski definition) is 3. The molecule has 2 aromatic carbocycles. The molecule has 2 fully saturated rings. The maximum absolute atomic E-state index is 6.33. The van der Waals surface area contributed by atoms with Crippen LogP contribution in [0.25, 0.3) is 66.1 Å². The van der Waals surface area contributed by atoms with Crippen molar-refractivity contribution in [3.63, 3.8) is 0 Å². The quantitative estimate of drug-likeness (QED) is 0.121. The van der Waals surface area contributed by atoms with Crippen LogP contribution >= 0.6 is 11.6 Å². The zero-order valence-electron chi connectivity index (χ0n) is 44.5. The topological polar surface area (TPSA) is 215 Å². The number of methoxy groups -OCH3 is 2. The van der Waals surface area contributed by atoms with Gasteiger partial charge in [-0.05, 0) is 111 Å². The first-order chi connectivity index (χ1) is 38.6. The fourth-order valence-corrected chi connectivity index (χ4v) is 34.2. The highest BCUT2D eigenvalue weighted by Gasteiger charge is 2.29. The summed E-state index contributed by atoms with van der Waals surface area (Å²) in [5, 5.41) is 21.2. The number of H-pyrrole nitrogens is 2. The number of rotatable bonds is 8. The molecule has 8 aromatic heterocycles. The molecule has 4 N–H and O–H groups in total. The zero-order chi connectivity index (χ0) is 56.8. The normalized spacial score (nSPS) is 12.4. The molecule has 0 amide bonds. The lowest BCUT2D eigenvalue weighted by atomic mass is 10.00. The number of fused-ring (bicyclic) bond motifs is 6. The van der Waals surface area contributed by atoms with E-state index in [-0.39, 0.29) is 7.43 Å². The summed E-state index contributed by atoms with van der Waals surface area (Å²) >= 11 is 15.7. The number of anilines is 1. The lowest BCUT2D eigenvalue weighted by Gasteiger charge is -2.10. The van der Waals surface area contributed by atoms with Gasteiger partial charge in [0.25, 0.3) is 0 Å². The first kappa shape index (κ1) is 62.6. The maximum Gasteiger partial charge on any atom is 0.143 e. The summed E-state index contributed by atoms with van der Waals surface area (Å²) in [6.45, 7) is 15.5. The second-order valence-electron chi connectivity index (χ2n) is 18.3. The Morgan fingerprint density at radius 1 is 0.617 bits per heavy atom. The first-order valence-electron chi connectivity index (χ1n) is 24.3. The van der Waals surface area contributed by atoms with E-state index in [2.05, 4.69) is 64.2 Å². The Kier molecular flexibility index (Phi) is 22.0. The van der Waals surface area contributed by atoms with E-state index in [0.717, 1.165) is 118 Å². The number of benzene rings is 2. The van der Waals surface area contributed by atoms with Gasteiger partial charge in [0.05, 0.1) is 72.3 Å². The molecule has 17 nitrogen and oxygen atoms in total. The third kappa shape index (κ3) is 14.6. The Morgan fingerprint density at radius 3 is 1.51 bits per heavy atom. The van der Waals surface area contributed by atoms with E-state index >= 15 is 0 Å². The predicted octanol–water partition coefficient (Wildman–Crippen LogP) is 11.2. The molecule has 2 aliphatic carbocycles. The molecule has 0 saturated heterocycles. The van der Waals surface area contributed by atoms with E-state index in [1.165, 1.54) is 54.7 Å². The second-order valence-corrected chi connectivity index (χ2v) is 38.2. The second kappa shape index (κ2) is 28.4. The van der Waals surface area contributed by atoms with Crippen molar-refractivity contribution in [1.29, 1.82) is 0 Å². The average Bonchev–Trinajstić information content (AvgIpc) is 4.33. The Morgan fingerprint density at radius 2 is 1.06 bits per heavy atom. The van der Waals surface area contributed by atoms with Crippen molar-refractivity contribution < 1.29 is 18.5 Å². The van der Waals surface area contributed by atoms with Crippen molar-refractivity contribution >= 4 is 181 Å². The monoisotopic (exact) mass is 1350 g/mol. The average molecular weight is 1360 g/mol. The molecule has 0 atom stereocenters. The van der Waals surface area contributed by atoms with E-state index in [4.69, 9.17) is 68.2 Å². The van der Waals surface area contributed by atoms with Crippen molar-refractivity contribution in [1.82, 2.24) is 59.8 Å². The SMILES string of the molecule is C.COc1cc2c(cc1-c1c(C)noc1C)[nH]c1nc(C)nc(Cc3c(C)cnn3C3CC3)c12.COc1cc2c(cc1-c1c(C)noc1C)[nH]c1nc(C)nc(Cl)c12.Cc1cnn(C2CC2)c1N.S=S=S=S=S=S=S=S=S=S=S=S=S. The van der Waals surface area contributed by atoms with Crippen LogP contribution in [0.3, 0.4) is 0 Å². The summed E-state index contributed by atoms with van der Waals surface area (Å²) < 4.78 is 26.2. The predicted molar refractivity (Wildman–Crippen MR) is 360 cm³/mol. The first-order valence-corrected chi connectivity index (χ1v) is 40.7. The van der Waals surface area contributed by atoms with E-state index < -0.39 is 0 Å². The van der Waals surface area contributed by atoms with Crippen molar-refractivity contribution in [3.8, 4) is 33.8 Å². The number of nitrogens with one attached hydrogen (secondary N) is 2. The molecule has 2 saturated carbocycles. The number of aromatic nitrogens is 12. The number of aromatic amines is 2.